The number of amides is 2. The fraction of sp³-hybridized carbons (Fsp3) is 0.636. The molecule has 0 aromatic heterocycles. The van der Waals surface area contributed by atoms with E-state index in [1.54, 1.807) is 0 Å². The van der Waals surface area contributed by atoms with Gasteiger partial charge in [-0.25, -0.2) is 0 Å². The molecule has 1 aromatic carbocycles. The third-order valence-corrected chi connectivity index (χ3v) is 5.64. The molecule has 0 atom stereocenters. The number of carbonyl (C=O) groups excluding carboxylic acids is 2. The van der Waals surface area contributed by atoms with Crippen LogP contribution in [0.1, 0.15) is 30.4 Å². The summed E-state index contributed by atoms with van der Waals surface area (Å²) in [6.07, 6.45) is 2.64. The number of aryl methyl sites for hydroxylation is 2. The van der Waals surface area contributed by atoms with Gasteiger partial charge in [0.2, 0.25) is 11.8 Å². The summed E-state index contributed by atoms with van der Waals surface area (Å²) in [5, 5.41) is 6.06. The number of nitrogens with zero attached hydrogens (tertiary/aromatic N) is 2. The van der Waals surface area contributed by atoms with Crippen molar-refractivity contribution in [1.29, 1.82) is 0 Å². The second-order valence-corrected chi connectivity index (χ2v) is 8.07. The topological polar surface area (TPSA) is 73.9 Å². The van der Waals surface area contributed by atoms with Gasteiger partial charge in [0, 0.05) is 50.9 Å². The predicted molar refractivity (Wildman–Crippen MR) is 114 cm³/mol. The molecule has 0 unspecified atom stereocenters. The second-order valence-electron chi connectivity index (χ2n) is 8.07. The summed E-state index contributed by atoms with van der Waals surface area (Å²) in [6, 6.07) is 6.43. The molecule has 0 radical (unpaired) electrons. The Morgan fingerprint density at radius 2 is 1.83 bits per heavy atom. The Kier molecular flexibility index (Phi) is 8.03. The van der Waals surface area contributed by atoms with Crippen LogP contribution in [0.25, 0.3) is 0 Å². The van der Waals surface area contributed by atoms with Crippen molar-refractivity contribution in [1.82, 2.24) is 15.1 Å². The lowest BCUT2D eigenvalue weighted by Crippen LogP contribution is -2.42. The number of rotatable bonds is 10. The van der Waals surface area contributed by atoms with E-state index in [0.29, 0.717) is 32.1 Å². The van der Waals surface area contributed by atoms with E-state index in [2.05, 4.69) is 20.4 Å². The first-order valence-electron chi connectivity index (χ1n) is 10.7. The Morgan fingerprint density at radius 1 is 1.14 bits per heavy atom. The van der Waals surface area contributed by atoms with Gasteiger partial charge in [0.1, 0.15) is 0 Å². The highest BCUT2D eigenvalue weighted by Gasteiger charge is 2.30. The normalized spacial score (nSPS) is 17.3. The monoisotopic (exact) mass is 402 g/mol. The van der Waals surface area contributed by atoms with E-state index >= 15 is 0 Å². The number of para-hydroxylation sites is 1. The van der Waals surface area contributed by atoms with Crippen molar-refractivity contribution in [3.05, 3.63) is 29.3 Å². The summed E-state index contributed by atoms with van der Waals surface area (Å²) in [7, 11) is 0. The van der Waals surface area contributed by atoms with Crippen LogP contribution in [0.5, 0.6) is 0 Å². The molecule has 2 amide bonds. The summed E-state index contributed by atoms with van der Waals surface area (Å²) in [6.45, 7) is 9.89. The summed E-state index contributed by atoms with van der Waals surface area (Å²) in [5.74, 6) is 0.0427. The average molecular weight is 403 g/mol. The Labute approximate surface area is 173 Å². The van der Waals surface area contributed by atoms with Crippen LogP contribution < -0.4 is 10.6 Å². The maximum Gasteiger partial charge on any atom is 0.238 e. The fourth-order valence-electron chi connectivity index (χ4n) is 3.72. The van der Waals surface area contributed by atoms with Gasteiger partial charge in [0.05, 0.1) is 19.8 Å². The maximum atomic E-state index is 12.6. The van der Waals surface area contributed by atoms with Gasteiger partial charge in [-0.05, 0) is 37.8 Å². The van der Waals surface area contributed by atoms with E-state index in [0.717, 1.165) is 62.5 Å². The molecule has 7 nitrogen and oxygen atoms in total. The first-order chi connectivity index (χ1) is 14.0. The van der Waals surface area contributed by atoms with Crippen molar-refractivity contribution in [2.24, 2.45) is 0 Å². The fourth-order valence-corrected chi connectivity index (χ4v) is 3.72. The van der Waals surface area contributed by atoms with Gasteiger partial charge in [-0.3, -0.25) is 19.4 Å². The van der Waals surface area contributed by atoms with Crippen molar-refractivity contribution in [3.8, 4) is 0 Å². The standard InChI is InChI=1S/C22H34N4O3/c1-17-4-3-5-18(2)22(17)24-21(28)16-26(19-6-7-19)10-8-20(27)23-9-11-25-12-14-29-15-13-25/h3-5,19H,6-16H2,1-2H3,(H,23,27)(H,24,28). The van der Waals surface area contributed by atoms with Gasteiger partial charge in [-0.1, -0.05) is 18.2 Å². The number of ether oxygens (including phenoxy) is 1. The van der Waals surface area contributed by atoms with Gasteiger partial charge in [0.25, 0.3) is 0 Å². The van der Waals surface area contributed by atoms with Crippen molar-refractivity contribution in [3.63, 3.8) is 0 Å². The molecule has 160 valence electrons. The number of nitrogens with one attached hydrogen (secondary N) is 2. The number of morpholine rings is 1. The van der Waals surface area contributed by atoms with Crippen LogP contribution in [0, 0.1) is 13.8 Å². The largest absolute Gasteiger partial charge is 0.379 e. The SMILES string of the molecule is Cc1cccc(C)c1NC(=O)CN(CCC(=O)NCCN1CCOCC1)C1CC1. The molecule has 1 aliphatic heterocycles. The van der Waals surface area contributed by atoms with Gasteiger partial charge >= 0.3 is 0 Å². The van der Waals surface area contributed by atoms with Crippen LogP contribution in [-0.2, 0) is 14.3 Å². The number of benzene rings is 1. The maximum absolute atomic E-state index is 12.6. The zero-order valence-electron chi connectivity index (χ0n) is 17.7. The molecule has 1 saturated carbocycles. The van der Waals surface area contributed by atoms with E-state index in [9.17, 15) is 9.59 Å². The van der Waals surface area contributed by atoms with E-state index in [4.69, 9.17) is 4.74 Å². The summed E-state index contributed by atoms with van der Waals surface area (Å²) >= 11 is 0. The molecule has 1 saturated heterocycles. The van der Waals surface area contributed by atoms with Crippen molar-refractivity contribution >= 4 is 17.5 Å². The molecule has 2 fully saturated rings. The number of anilines is 1. The van der Waals surface area contributed by atoms with Crippen LogP contribution in [0.15, 0.2) is 18.2 Å². The van der Waals surface area contributed by atoms with Crippen LogP contribution in [-0.4, -0.2) is 80.1 Å². The highest BCUT2D eigenvalue weighted by molar-refractivity contribution is 5.93. The molecule has 3 rings (SSSR count). The number of carbonyl (C=O) groups is 2. The Hall–Kier alpha value is -1.96. The molecule has 1 aliphatic carbocycles. The minimum absolute atomic E-state index is 0.0120. The van der Waals surface area contributed by atoms with E-state index in [1.807, 2.05) is 32.0 Å². The molecule has 1 heterocycles. The molecular formula is C22H34N4O3. The van der Waals surface area contributed by atoms with Gasteiger partial charge in [-0.15, -0.1) is 0 Å². The zero-order chi connectivity index (χ0) is 20.6. The molecule has 7 heteroatoms. The zero-order valence-corrected chi connectivity index (χ0v) is 17.7. The summed E-state index contributed by atoms with van der Waals surface area (Å²) < 4.78 is 5.34. The molecule has 2 N–H and O–H groups in total. The molecular weight excluding hydrogens is 368 g/mol. The quantitative estimate of drug-likeness (QED) is 0.621. The molecule has 29 heavy (non-hydrogen) atoms. The Bertz CT molecular complexity index is 679. The van der Waals surface area contributed by atoms with Crippen LogP contribution in [0.4, 0.5) is 5.69 Å². The lowest BCUT2D eigenvalue weighted by molar-refractivity contribution is -0.122. The second kappa shape index (κ2) is 10.7. The number of hydrogen-bond donors (Lipinski definition) is 2. The minimum atomic E-state index is -0.0120. The molecule has 0 spiro atoms. The minimum Gasteiger partial charge on any atom is -0.379 e. The van der Waals surface area contributed by atoms with Crippen molar-refractivity contribution in [2.45, 2.75) is 39.2 Å². The van der Waals surface area contributed by atoms with Crippen molar-refractivity contribution in [2.75, 3.05) is 57.8 Å². The summed E-state index contributed by atoms with van der Waals surface area (Å²) in [5.41, 5.74) is 3.03. The third-order valence-electron chi connectivity index (χ3n) is 5.64. The summed E-state index contributed by atoms with van der Waals surface area (Å²) in [4.78, 5) is 29.2. The smallest absolute Gasteiger partial charge is 0.238 e. The first kappa shape index (κ1) is 21.7. The van der Waals surface area contributed by atoms with E-state index in [1.165, 1.54) is 0 Å². The van der Waals surface area contributed by atoms with Crippen LogP contribution in [0.2, 0.25) is 0 Å². The predicted octanol–water partition coefficient (Wildman–Crippen LogP) is 1.54. The first-order valence-corrected chi connectivity index (χ1v) is 10.7. The highest BCUT2D eigenvalue weighted by atomic mass is 16.5. The highest BCUT2D eigenvalue weighted by Crippen LogP contribution is 2.27. The van der Waals surface area contributed by atoms with E-state index < -0.39 is 0 Å². The van der Waals surface area contributed by atoms with Crippen LogP contribution >= 0.6 is 0 Å². The lowest BCUT2D eigenvalue weighted by Gasteiger charge is -2.26. The molecule has 1 aromatic rings. The Balaban J connectivity index is 1.39. The molecule has 2 aliphatic rings. The number of hydrogen-bond acceptors (Lipinski definition) is 5. The van der Waals surface area contributed by atoms with Crippen LogP contribution in [0.3, 0.4) is 0 Å². The van der Waals surface area contributed by atoms with Crippen molar-refractivity contribution < 1.29 is 14.3 Å². The average Bonchev–Trinajstić information content (AvgIpc) is 3.54. The Morgan fingerprint density at radius 3 is 2.48 bits per heavy atom. The van der Waals surface area contributed by atoms with Gasteiger partial charge < -0.3 is 15.4 Å². The van der Waals surface area contributed by atoms with Gasteiger partial charge in [0.15, 0.2) is 0 Å². The lowest BCUT2D eigenvalue weighted by atomic mass is 10.1. The van der Waals surface area contributed by atoms with E-state index in [-0.39, 0.29) is 11.8 Å². The third kappa shape index (κ3) is 7.10. The molecule has 0 bridgehead atoms. The van der Waals surface area contributed by atoms with Gasteiger partial charge in [-0.2, -0.15) is 0 Å².